The van der Waals surface area contributed by atoms with Crippen LogP contribution in [-0.2, 0) is 4.79 Å². The Balaban J connectivity index is 1.44. The summed E-state index contributed by atoms with van der Waals surface area (Å²) in [6, 6.07) is 20.7. The Morgan fingerprint density at radius 1 is 1.00 bits per heavy atom. The second kappa shape index (κ2) is 10.6. The van der Waals surface area contributed by atoms with Crippen LogP contribution in [0.4, 0.5) is 4.79 Å². The molecule has 0 aliphatic carbocycles. The molecule has 3 aromatic carbocycles. The van der Waals surface area contributed by atoms with Crippen LogP contribution in [0.3, 0.4) is 0 Å². The lowest BCUT2D eigenvalue weighted by molar-refractivity contribution is -0.123. The summed E-state index contributed by atoms with van der Waals surface area (Å²) < 4.78 is 11.2. The van der Waals surface area contributed by atoms with Crippen LogP contribution in [0.15, 0.2) is 77.7 Å². The zero-order chi connectivity index (χ0) is 24.1. The number of ether oxygens (including phenoxy) is 2. The third-order valence-electron chi connectivity index (χ3n) is 4.97. The highest BCUT2D eigenvalue weighted by molar-refractivity contribution is 8.18. The molecule has 0 N–H and O–H groups in total. The van der Waals surface area contributed by atoms with Gasteiger partial charge in [0.05, 0.1) is 17.0 Å². The minimum Gasteiger partial charge on any atom is -0.492 e. The zero-order valence-corrected chi connectivity index (χ0v) is 19.8. The van der Waals surface area contributed by atoms with E-state index in [1.54, 1.807) is 54.6 Å². The minimum atomic E-state index is -0.557. The quantitative estimate of drug-likeness (QED) is 0.229. The van der Waals surface area contributed by atoms with Gasteiger partial charge in [-0.05, 0) is 67.2 Å². The Morgan fingerprint density at radius 3 is 2.44 bits per heavy atom. The largest absolute Gasteiger partial charge is 0.492 e. The van der Waals surface area contributed by atoms with Gasteiger partial charge in [0, 0.05) is 10.6 Å². The van der Waals surface area contributed by atoms with Gasteiger partial charge >= 0.3 is 5.97 Å². The third kappa shape index (κ3) is 5.68. The van der Waals surface area contributed by atoms with Crippen LogP contribution in [0.1, 0.15) is 21.5 Å². The highest BCUT2D eigenvalue weighted by Crippen LogP contribution is 2.34. The number of rotatable bonds is 7. The number of thioether (sulfide) groups is 1. The van der Waals surface area contributed by atoms with Gasteiger partial charge < -0.3 is 9.47 Å². The molecule has 34 heavy (non-hydrogen) atoms. The monoisotopic (exact) mass is 493 g/mol. The molecule has 1 fully saturated rings. The number of esters is 1. The van der Waals surface area contributed by atoms with Gasteiger partial charge in [0.15, 0.2) is 0 Å². The molecule has 3 aromatic rings. The number of hydrogen-bond acceptors (Lipinski definition) is 6. The molecule has 0 spiro atoms. The highest BCUT2D eigenvalue weighted by atomic mass is 35.5. The molecular weight excluding hydrogens is 474 g/mol. The molecule has 2 amide bonds. The summed E-state index contributed by atoms with van der Waals surface area (Å²) in [4.78, 5) is 39.2. The van der Waals surface area contributed by atoms with Crippen molar-refractivity contribution in [2.24, 2.45) is 0 Å². The summed E-state index contributed by atoms with van der Waals surface area (Å²) in [5, 5.41) is 0.135. The van der Waals surface area contributed by atoms with Crippen molar-refractivity contribution in [2.75, 3.05) is 13.2 Å². The van der Waals surface area contributed by atoms with Gasteiger partial charge in [-0.15, -0.1) is 0 Å². The summed E-state index contributed by atoms with van der Waals surface area (Å²) >= 11 is 6.71. The fourth-order valence-electron chi connectivity index (χ4n) is 3.16. The molecule has 0 bridgehead atoms. The Kier molecular flexibility index (Phi) is 7.35. The maximum atomic E-state index is 12.8. The van der Waals surface area contributed by atoms with E-state index in [4.69, 9.17) is 21.1 Å². The number of benzene rings is 3. The molecular formula is C26H20ClNO5S. The van der Waals surface area contributed by atoms with Gasteiger partial charge in [0.25, 0.3) is 11.1 Å². The van der Waals surface area contributed by atoms with Crippen LogP contribution in [0.2, 0.25) is 5.02 Å². The number of para-hydroxylation sites is 1. The second-order valence-corrected chi connectivity index (χ2v) is 8.86. The van der Waals surface area contributed by atoms with Crippen molar-refractivity contribution in [2.45, 2.75) is 6.92 Å². The van der Waals surface area contributed by atoms with Crippen molar-refractivity contribution in [3.63, 3.8) is 0 Å². The molecule has 6 nitrogen and oxygen atoms in total. The van der Waals surface area contributed by atoms with E-state index in [0.717, 1.165) is 22.2 Å². The fourth-order valence-corrected chi connectivity index (χ4v) is 4.14. The lowest BCUT2D eigenvalue weighted by atomic mass is 10.1. The van der Waals surface area contributed by atoms with E-state index in [1.807, 2.05) is 31.2 Å². The first kappa shape index (κ1) is 23.6. The first-order chi connectivity index (χ1) is 16.4. The molecule has 0 saturated carbocycles. The summed E-state index contributed by atoms with van der Waals surface area (Å²) in [5.74, 6) is -0.0262. The zero-order valence-electron chi connectivity index (χ0n) is 18.2. The highest BCUT2D eigenvalue weighted by Gasteiger charge is 2.35. The topological polar surface area (TPSA) is 72.9 Å². The van der Waals surface area contributed by atoms with Crippen molar-refractivity contribution < 1.29 is 23.9 Å². The average molecular weight is 494 g/mol. The van der Waals surface area contributed by atoms with E-state index in [-0.39, 0.29) is 29.0 Å². The summed E-state index contributed by atoms with van der Waals surface area (Å²) in [6.07, 6.45) is 1.55. The molecule has 1 aliphatic heterocycles. The van der Waals surface area contributed by atoms with E-state index < -0.39 is 11.9 Å². The number of carbonyl (C=O) groups is 3. The average Bonchev–Trinajstić information content (AvgIpc) is 3.09. The van der Waals surface area contributed by atoms with Crippen LogP contribution >= 0.6 is 23.4 Å². The lowest BCUT2D eigenvalue weighted by Gasteiger charge is -2.13. The molecule has 172 valence electrons. The second-order valence-electron chi connectivity index (χ2n) is 7.43. The number of nitrogens with zero attached hydrogens (tertiary/aromatic N) is 1. The summed E-state index contributed by atoms with van der Waals surface area (Å²) in [5.41, 5.74) is 1.96. The van der Waals surface area contributed by atoms with Crippen LogP contribution < -0.4 is 9.47 Å². The van der Waals surface area contributed by atoms with E-state index in [0.29, 0.717) is 21.9 Å². The van der Waals surface area contributed by atoms with Crippen molar-refractivity contribution >= 4 is 46.6 Å². The molecule has 1 saturated heterocycles. The van der Waals surface area contributed by atoms with E-state index >= 15 is 0 Å². The fraction of sp³-hybridized carbons (Fsp3) is 0.115. The summed E-state index contributed by atoms with van der Waals surface area (Å²) in [6.45, 7) is 2.29. The predicted octanol–water partition coefficient (Wildman–Crippen LogP) is 5.98. The summed E-state index contributed by atoms with van der Waals surface area (Å²) in [7, 11) is 0. The molecule has 0 unspecified atom stereocenters. The van der Waals surface area contributed by atoms with Gasteiger partial charge in [-0.1, -0.05) is 47.5 Å². The Hall–Kier alpha value is -3.55. The number of carbonyl (C=O) groups excluding carboxylic acids is 3. The molecule has 1 heterocycles. The Bertz CT molecular complexity index is 1250. The van der Waals surface area contributed by atoms with Gasteiger partial charge in [-0.3, -0.25) is 14.5 Å². The predicted molar refractivity (Wildman–Crippen MR) is 132 cm³/mol. The Morgan fingerprint density at radius 2 is 1.71 bits per heavy atom. The van der Waals surface area contributed by atoms with E-state index in [2.05, 4.69) is 0 Å². The van der Waals surface area contributed by atoms with Gasteiger partial charge in [0.1, 0.15) is 18.1 Å². The first-order valence-electron chi connectivity index (χ1n) is 10.4. The van der Waals surface area contributed by atoms with E-state index in [1.165, 1.54) is 0 Å². The molecule has 1 aliphatic rings. The van der Waals surface area contributed by atoms with Crippen LogP contribution in [0.25, 0.3) is 6.08 Å². The SMILES string of the molecule is Cc1ccc(OCCN2C(=O)S/C(=C\c3ccccc3OC(=O)c3ccc(Cl)cc3)C2=O)cc1. The Labute approximate surface area is 206 Å². The van der Waals surface area contributed by atoms with Crippen molar-refractivity contribution in [1.82, 2.24) is 4.90 Å². The molecule has 0 radical (unpaired) electrons. The molecule has 0 atom stereocenters. The van der Waals surface area contributed by atoms with Gasteiger partial charge in [-0.25, -0.2) is 4.79 Å². The van der Waals surface area contributed by atoms with Crippen molar-refractivity contribution in [3.8, 4) is 11.5 Å². The number of imide groups is 1. The number of hydrogen-bond donors (Lipinski definition) is 0. The smallest absolute Gasteiger partial charge is 0.343 e. The van der Waals surface area contributed by atoms with Crippen molar-refractivity contribution in [3.05, 3.63) is 99.4 Å². The normalized spacial score (nSPS) is 14.5. The van der Waals surface area contributed by atoms with Crippen LogP contribution in [0.5, 0.6) is 11.5 Å². The molecule has 0 aromatic heterocycles. The number of amides is 2. The first-order valence-corrected chi connectivity index (χ1v) is 11.6. The standard InChI is InChI=1S/C26H20ClNO5S/c1-17-6-12-21(13-7-17)32-15-14-28-24(29)23(34-26(28)31)16-19-4-2-3-5-22(19)33-25(30)18-8-10-20(27)11-9-18/h2-13,16H,14-15H2,1H3/b23-16-. The van der Waals surface area contributed by atoms with Gasteiger partial charge in [0.2, 0.25) is 0 Å². The molecule has 4 rings (SSSR count). The van der Waals surface area contributed by atoms with Crippen LogP contribution in [-0.4, -0.2) is 35.2 Å². The maximum Gasteiger partial charge on any atom is 0.343 e. The third-order valence-corrected chi connectivity index (χ3v) is 6.13. The minimum absolute atomic E-state index is 0.128. The number of halogens is 1. The van der Waals surface area contributed by atoms with Gasteiger partial charge in [-0.2, -0.15) is 0 Å². The lowest BCUT2D eigenvalue weighted by Crippen LogP contribution is -2.32. The van der Waals surface area contributed by atoms with Crippen LogP contribution in [0, 0.1) is 6.92 Å². The number of aryl methyl sites for hydroxylation is 1. The van der Waals surface area contributed by atoms with E-state index in [9.17, 15) is 14.4 Å². The molecule has 8 heteroatoms. The van der Waals surface area contributed by atoms with Crippen molar-refractivity contribution in [1.29, 1.82) is 0 Å². The maximum absolute atomic E-state index is 12.8.